The zero-order valence-electron chi connectivity index (χ0n) is 14.2. The number of ether oxygens (including phenoxy) is 1. The average Bonchev–Trinajstić information content (AvgIpc) is 2.63. The second kappa shape index (κ2) is 9.13. The number of anilines is 1. The summed E-state index contributed by atoms with van der Waals surface area (Å²) in [6, 6.07) is 9.40. The van der Waals surface area contributed by atoms with Gasteiger partial charge in [-0.15, -0.1) is 0 Å². The summed E-state index contributed by atoms with van der Waals surface area (Å²) in [7, 11) is 1.37. The van der Waals surface area contributed by atoms with Gasteiger partial charge in [0.25, 0.3) is 5.91 Å². The molecular formula is C18H16BrFN2O5. The normalized spacial score (nSPS) is 10.2. The van der Waals surface area contributed by atoms with Gasteiger partial charge in [-0.25, -0.2) is 9.18 Å². The first-order valence-electron chi connectivity index (χ1n) is 7.71. The van der Waals surface area contributed by atoms with E-state index in [0.717, 1.165) is 4.90 Å². The largest absolute Gasteiger partial charge is 0.507 e. The van der Waals surface area contributed by atoms with Crippen LogP contribution in [0.25, 0.3) is 0 Å². The van der Waals surface area contributed by atoms with Crippen molar-refractivity contribution in [3.8, 4) is 5.75 Å². The van der Waals surface area contributed by atoms with E-state index < -0.39 is 30.2 Å². The van der Waals surface area contributed by atoms with E-state index in [1.165, 1.54) is 43.4 Å². The van der Waals surface area contributed by atoms with Crippen LogP contribution in [0, 0.1) is 5.82 Å². The molecule has 0 fully saturated rings. The molecule has 0 aliphatic rings. The van der Waals surface area contributed by atoms with Crippen molar-refractivity contribution in [2.24, 2.45) is 0 Å². The van der Waals surface area contributed by atoms with E-state index in [-0.39, 0.29) is 17.9 Å². The number of hydrogen-bond donors (Lipinski definition) is 2. The summed E-state index contributed by atoms with van der Waals surface area (Å²) in [5.41, 5.74) is 0.299. The molecule has 9 heteroatoms. The number of aromatic hydroxyl groups is 1. The Morgan fingerprint density at radius 1 is 1.19 bits per heavy atom. The van der Waals surface area contributed by atoms with Crippen LogP contribution in [0.3, 0.4) is 0 Å². The smallest absolute Gasteiger partial charge is 0.342 e. The molecule has 0 aromatic heterocycles. The predicted molar refractivity (Wildman–Crippen MR) is 98.8 cm³/mol. The molecule has 2 amide bonds. The third-order valence-electron chi connectivity index (χ3n) is 3.44. The van der Waals surface area contributed by atoms with Crippen molar-refractivity contribution in [3.63, 3.8) is 0 Å². The van der Waals surface area contributed by atoms with Gasteiger partial charge in [0.05, 0.1) is 6.54 Å². The predicted octanol–water partition coefficient (Wildman–Crippen LogP) is 2.55. The summed E-state index contributed by atoms with van der Waals surface area (Å²) < 4.78 is 18.3. The Labute approximate surface area is 162 Å². The Bertz CT molecular complexity index is 857. The lowest BCUT2D eigenvalue weighted by Crippen LogP contribution is -2.37. The Balaban J connectivity index is 1.84. The van der Waals surface area contributed by atoms with Crippen LogP contribution in [0.1, 0.15) is 10.4 Å². The number of phenols is 1. The van der Waals surface area contributed by atoms with Crippen LogP contribution in [0.4, 0.5) is 10.1 Å². The van der Waals surface area contributed by atoms with E-state index >= 15 is 0 Å². The van der Waals surface area contributed by atoms with Crippen LogP contribution in [0.15, 0.2) is 46.9 Å². The zero-order valence-corrected chi connectivity index (χ0v) is 15.8. The number of carbonyl (C=O) groups is 3. The molecule has 2 aromatic rings. The summed E-state index contributed by atoms with van der Waals surface area (Å²) in [6.45, 7) is -0.874. The summed E-state index contributed by atoms with van der Waals surface area (Å²) in [4.78, 5) is 36.9. The van der Waals surface area contributed by atoms with Gasteiger partial charge in [0.15, 0.2) is 6.61 Å². The third-order valence-corrected chi connectivity index (χ3v) is 3.93. The number of halogens is 2. The fourth-order valence-electron chi connectivity index (χ4n) is 2.02. The van der Waals surface area contributed by atoms with Crippen LogP contribution in [-0.4, -0.2) is 48.0 Å². The van der Waals surface area contributed by atoms with Gasteiger partial charge in [0.1, 0.15) is 17.1 Å². The molecule has 0 saturated carbocycles. The van der Waals surface area contributed by atoms with Crippen LogP contribution in [-0.2, 0) is 14.3 Å². The lowest BCUT2D eigenvalue weighted by atomic mass is 10.2. The van der Waals surface area contributed by atoms with Gasteiger partial charge in [-0.05, 0) is 42.5 Å². The first-order chi connectivity index (χ1) is 12.8. The minimum atomic E-state index is -0.869. The van der Waals surface area contributed by atoms with Crippen LogP contribution in [0.2, 0.25) is 0 Å². The van der Waals surface area contributed by atoms with E-state index in [1.807, 2.05) is 0 Å². The molecular weight excluding hydrogens is 423 g/mol. The fourth-order valence-corrected chi connectivity index (χ4v) is 2.39. The molecule has 0 radical (unpaired) electrons. The van der Waals surface area contributed by atoms with Crippen molar-refractivity contribution in [2.75, 3.05) is 25.5 Å². The first kappa shape index (κ1) is 20.4. The highest BCUT2D eigenvalue weighted by molar-refractivity contribution is 9.10. The molecule has 0 saturated heterocycles. The fraction of sp³-hybridized carbons (Fsp3) is 0.167. The second-order valence-electron chi connectivity index (χ2n) is 5.54. The average molecular weight is 439 g/mol. The number of nitrogens with one attached hydrogen (secondary N) is 1. The van der Waals surface area contributed by atoms with E-state index in [2.05, 4.69) is 21.2 Å². The number of phenolic OH excluding ortho intramolecular Hbond substituents is 1. The highest BCUT2D eigenvalue weighted by atomic mass is 79.9. The number of amides is 2. The summed E-state index contributed by atoms with van der Waals surface area (Å²) in [5, 5.41) is 12.2. The number of benzene rings is 2. The van der Waals surface area contributed by atoms with E-state index in [1.54, 1.807) is 6.07 Å². The molecule has 0 spiro atoms. The molecule has 2 N–H and O–H groups in total. The monoisotopic (exact) mass is 438 g/mol. The van der Waals surface area contributed by atoms with Crippen molar-refractivity contribution in [1.29, 1.82) is 0 Å². The Morgan fingerprint density at radius 3 is 2.52 bits per heavy atom. The maximum absolute atomic E-state index is 12.8. The van der Waals surface area contributed by atoms with Crippen molar-refractivity contribution >= 4 is 39.4 Å². The molecule has 2 rings (SSSR count). The van der Waals surface area contributed by atoms with Gasteiger partial charge < -0.3 is 20.1 Å². The lowest BCUT2D eigenvalue weighted by molar-refractivity contribution is -0.136. The number of esters is 1. The van der Waals surface area contributed by atoms with Crippen molar-refractivity contribution < 1.29 is 28.6 Å². The van der Waals surface area contributed by atoms with Crippen LogP contribution < -0.4 is 5.32 Å². The molecule has 0 atom stereocenters. The van der Waals surface area contributed by atoms with E-state index in [9.17, 15) is 23.9 Å². The third kappa shape index (κ3) is 6.07. The second-order valence-corrected chi connectivity index (χ2v) is 6.46. The molecule has 7 nitrogen and oxygen atoms in total. The van der Waals surface area contributed by atoms with Crippen molar-refractivity contribution in [1.82, 2.24) is 4.90 Å². The maximum atomic E-state index is 12.8. The summed E-state index contributed by atoms with van der Waals surface area (Å²) >= 11 is 3.17. The molecule has 142 valence electrons. The van der Waals surface area contributed by atoms with Crippen molar-refractivity contribution in [2.45, 2.75) is 0 Å². The lowest BCUT2D eigenvalue weighted by Gasteiger charge is -2.17. The number of carbonyl (C=O) groups excluding carboxylic acids is 3. The SMILES string of the molecule is CN(CC(=O)Nc1ccc(F)cc1)C(=O)COC(=O)c1cc(Br)ccc1O. The molecule has 0 unspecified atom stereocenters. The molecule has 0 aliphatic carbocycles. The molecule has 0 heterocycles. The standard InChI is InChI=1S/C18H16BrFN2O5/c1-22(9-16(24)21-13-5-3-12(20)4-6-13)17(25)10-27-18(26)14-8-11(19)2-7-15(14)23/h2-8,23H,9-10H2,1H3,(H,21,24). The van der Waals surface area contributed by atoms with Crippen molar-refractivity contribution in [3.05, 3.63) is 58.3 Å². The van der Waals surface area contributed by atoms with Gasteiger partial charge in [-0.2, -0.15) is 0 Å². The summed E-state index contributed by atoms with van der Waals surface area (Å²) in [5.74, 6) is -2.67. The van der Waals surface area contributed by atoms with Gasteiger partial charge in [-0.3, -0.25) is 9.59 Å². The maximum Gasteiger partial charge on any atom is 0.342 e. The quantitative estimate of drug-likeness (QED) is 0.675. The van der Waals surface area contributed by atoms with Gasteiger partial charge in [-0.1, -0.05) is 15.9 Å². The molecule has 2 aromatic carbocycles. The highest BCUT2D eigenvalue weighted by Gasteiger charge is 2.18. The zero-order chi connectivity index (χ0) is 20.0. The van der Waals surface area contributed by atoms with Gasteiger partial charge in [0.2, 0.25) is 5.91 Å². The van der Waals surface area contributed by atoms with E-state index in [4.69, 9.17) is 4.74 Å². The number of likely N-dealkylation sites (N-methyl/N-ethyl adjacent to an activating group) is 1. The number of hydrogen-bond acceptors (Lipinski definition) is 5. The van der Waals surface area contributed by atoms with Gasteiger partial charge >= 0.3 is 5.97 Å². The number of rotatable bonds is 6. The molecule has 0 bridgehead atoms. The van der Waals surface area contributed by atoms with Gasteiger partial charge in [0, 0.05) is 17.2 Å². The molecule has 27 heavy (non-hydrogen) atoms. The Morgan fingerprint density at radius 2 is 1.85 bits per heavy atom. The number of nitrogens with zero attached hydrogens (tertiary/aromatic N) is 1. The van der Waals surface area contributed by atoms with E-state index in [0.29, 0.717) is 10.2 Å². The Kier molecular flexibility index (Phi) is 6.89. The highest BCUT2D eigenvalue weighted by Crippen LogP contribution is 2.22. The van der Waals surface area contributed by atoms with Crippen LogP contribution >= 0.6 is 15.9 Å². The molecule has 0 aliphatic heterocycles. The first-order valence-corrected chi connectivity index (χ1v) is 8.50. The summed E-state index contributed by atoms with van der Waals surface area (Å²) in [6.07, 6.45) is 0. The minimum Gasteiger partial charge on any atom is -0.507 e. The minimum absolute atomic E-state index is 0.0890. The topological polar surface area (TPSA) is 95.9 Å². The Hall–Kier alpha value is -2.94. The van der Waals surface area contributed by atoms with Crippen LogP contribution in [0.5, 0.6) is 5.75 Å².